The number of hydrogen-bond donors (Lipinski definition) is 1. The van der Waals surface area contributed by atoms with E-state index in [9.17, 15) is 0 Å². The predicted octanol–water partition coefficient (Wildman–Crippen LogP) is 6.25. The third-order valence-electron chi connectivity index (χ3n) is 5.81. The molecule has 118 valence electrons. The Morgan fingerprint density at radius 1 is 1.05 bits per heavy atom. The molecule has 1 unspecified atom stereocenters. The minimum absolute atomic E-state index is 0.350. The zero-order valence-electron chi connectivity index (χ0n) is 14.1. The van der Waals surface area contributed by atoms with Crippen LogP contribution in [0.15, 0.2) is 0 Å². The van der Waals surface area contributed by atoms with E-state index in [0.29, 0.717) is 10.3 Å². The van der Waals surface area contributed by atoms with E-state index in [1.807, 2.05) is 0 Å². The topological polar surface area (TPSA) is 0 Å². The van der Waals surface area contributed by atoms with Crippen LogP contribution in [0.2, 0.25) is 0 Å². The van der Waals surface area contributed by atoms with Gasteiger partial charge in [-0.1, -0.05) is 32.6 Å². The van der Waals surface area contributed by atoms with E-state index in [0.717, 1.165) is 11.3 Å². The molecule has 0 bridgehead atoms. The number of thiol groups is 1. The Morgan fingerprint density at radius 2 is 1.65 bits per heavy atom. The Hall–Kier alpha value is 1.43. The predicted molar refractivity (Wildman–Crippen MR) is 105 cm³/mol. The van der Waals surface area contributed by atoms with Gasteiger partial charge in [0.25, 0.3) is 0 Å². The Balaban J connectivity index is 2.38. The molecule has 0 radical (unpaired) electrons. The third-order valence-corrected chi connectivity index (χ3v) is 22.3. The van der Waals surface area contributed by atoms with Gasteiger partial charge in [-0.3, -0.25) is 0 Å². The summed E-state index contributed by atoms with van der Waals surface area (Å²) in [5.41, 5.74) is 1.70. The molecule has 2 fully saturated rings. The molecule has 20 heavy (non-hydrogen) atoms. The quantitative estimate of drug-likeness (QED) is 0.430. The highest BCUT2D eigenvalue weighted by Gasteiger charge is 2.62. The summed E-state index contributed by atoms with van der Waals surface area (Å²) >= 11 is 11.8. The van der Waals surface area contributed by atoms with Gasteiger partial charge in [0.1, 0.15) is 0 Å². The van der Waals surface area contributed by atoms with Crippen molar-refractivity contribution in [3.63, 3.8) is 0 Å². The molecule has 4 heteroatoms. The van der Waals surface area contributed by atoms with Crippen molar-refractivity contribution in [1.82, 2.24) is 0 Å². The maximum Gasteiger partial charge on any atom is 0.0879 e. The lowest BCUT2D eigenvalue weighted by Crippen LogP contribution is -2.34. The lowest BCUT2D eigenvalue weighted by atomic mass is 10.1. The van der Waals surface area contributed by atoms with Crippen LogP contribution in [0.5, 0.6) is 0 Å². The standard InChI is InChI=1S/C16H33P2S2/c1-15(2,3)17(19)11-7-9-13(17)14-10-8-12-18(14,20)16(4,5)6/h13-14,19H,7-12H2,1-6H3/q+1/t13-,14+,17?,18+/m1/s1. The number of hydrogen-bond acceptors (Lipinski definition) is 2. The van der Waals surface area contributed by atoms with Gasteiger partial charge in [0.05, 0.1) is 23.4 Å². The van der Waals surface area contributed by atoms with Gasteiger partial charge in [-0.2, -0.15) is 0 Å². The van der Waals surface area contributed by atoms with Crippen LogP contribution in [-0.4, -0.2) is 34.0 Å². The van der Waals surface area contributed by atoms with Crippen LogP contribution in [0.1, 0.15) is 67.2 Å². The van der Waals surface area contributed by atoms with Crippen molar-refractivity contribution in [1.29, 1.82) is 0 Å². The first-order valence-corrected chi connectivity index (χ1v) is 14.4. The average molecular weight is 352 g/mol. The fraction of sp³-hybridized carbons (Fsp3) is 1.00. The Labute approximate surface area is 137 Å². The molecule has 2 aliphatic rings. The molecule has 0 spiro atoms. The van der Waals surface area contributed by atoms with E-state index in [-0.39, 0.29) is 0 Å². The smallest absolute Gasteiger partial charge is 0.0879 e. The van der Waals surface area contributed by atoms with Crippen LogP contribution < -0.4 is 0 Å². The highest BCUT2D eigenvalue weighted by Crippen LogP contribution is 2.84. The molecular formula is C16H33P2S2+. The van der Waals surface area contributed by atoms with Gasteiger partial charge in [-0.25, -0.2) is 0 Å². The van der Waals surface area contributed by atoms with Gasteiger partial charge in [0.15, 0.2) is 0 Å². The first-order valence-electron chi connectivity index (χ1n) is 8.13. The fourth-order valence-electron chi connectivity index (χ4n) is 4.44. The molecule has 0 N–H and O–H groups in total. The first kappa shape index (κ1) is 17.8. The Morgan fingerprint density at radius 3 is 2.15 bits per heavy atom. The fourth-order valence-corrected chi connectivity index (χ4v) is 16.7. The molecule has 2 saturated heterocycles. The van der Waals surface area contributed by atoms with Crippen molar-refractivity contribution in [2.24, 2.45) is 0 Å². The molecule has 2 heterocycles. The van der Waals surface area contributed by atoms with Gasteiger partial charge in [0.2, 0.25) is 0 Å². The van der Waals surface area contributed by atoms with Gasteiger partial charge in [-0.15, -0.1) is 0 Å². The summed E-state index contributed by atoms with van der Waals surface area (Å²) in [6.45, 7) is 13.4. The van der Waals surface area contributed by atoms with Crippen LogP contribution in [0.25, 0.3) is 0 Å². The minimum atomic E-state index is -1.25. The van der Waals surface area contributed by atoms with Crippen LogP contribution in [0.3, 0.4) is 0 Å². The summed E-state index contributed by atoms with van der Waals surface area (Å²) in [5, 5.41) is 0.737. The first-order chi connectivity index (χ1) is 8.93. The molecule has 0 saturated carbocycles. The maximum absolute atomic E-state index is 6.38. The third kappa shape index (κ3) is 2.70. The van der Waals surface area contributed by atoms with Crippen molar-refractivity contribution in [2.45, 2.75) is 88.9 Å². The summed E-state index contributed by atoms with van der Waals surface area (Å²) < 4.78 is 0. The van der Waals surface area contributed by atoms with E-state index in [2.05, 4.69) is 41.5 Å². The summed E-state index contributed by atoms with van der Waals surface area (Å²) in [5.74, 6) is 0. The highest BCUT2D eigenvalue weighted by atomic mass is 32.7. The molecule has 2 rings (SSSR count). The van der Waals surface area contributed by atoms with Crippen LogP contribution in [-0.2, 0) is 11.8 Å². The van der Waals surface area contributed by atoms with Gasteiger partial charge in [0, 0.05) is 17.9 Å². The molecule has 0 aromatic heterocycles. The minimum Gasteiger partial charge on any atom is -0.0965 e. The molecule has 0 aromatic rings. The second kappa shape index (κ2) is 5.51. The van der Waals surface area contributed by atoms with Crippen LogP contribution in [0.4, 0.5) is 0 Å². The molecule has 4 atom stereocenters. The monoisotopic (exact) mass is 351 g/mol. The Bertz CT molecular complexity index is 419. The van der Waals surface area contributed by atoms with E-state index in [4.69, 9.17) is 24.1 Å². The summed E-state index contributed by atoms with van der Waals surface area (Å²) in [6, 6.07) is -1.25. The van der Waals surface area contributed by atoms with E-state index < -0.39 is 12.5 Å². The van der Waals surface area contributed by atoms with E-state index in [1.165, 1.54) is 38.0 Å². The summed E-state index contributed by atoms with van der Waals surface area (Å²) in [6.07, 6.45) is 8.33. The number of rotatable bonds is 1. The molecule has 0 aliphatic carbocycles. The summed E-state index contributed by atoms with van der Waals surface area (Å²) in [7, 11) is 0. The van der Waals surface area contributed by atoms with Crippen molar-refractivity contribution in [2.75, 3.05) is 12.3 Å². The molecule has 0 amide bonds. The van der Waals surface area contributed by atoms with Crippen LogP contribution in [0, 0.1) is 0 Å². The van der Waals surface area contributed by atoms with E-state index >= 15 is 0 Å². The van der Waals surface area contributed by atoms with E-state index in [1.54, 1.807) is 0 Å². The molecular weight excluding hydrogens is 318 g/mol. The van der Waals surface area contributed by atoms with Crippen molar-refractivity contribution in [3.05, 3.63) is 0 Å². The second-order valence-corrected chi connectivity index (χ2v) is 21.1. The lowest BCUT2D eigenvalue weighted by molar-refractivity contribution is 0.669. The summed E-state index contributed by atoms with van der Waals surface area (Å²) in [4.78, 5) is 0. The van der Waals surface area contributed by atoms with Crippen molar-refractivity contribution in [3.8, 4) is 0 Å². The van der Waals surface area contributed by atoms with Crippen molar-refractivity contribution >= 4 is 36.6 Å². The normalized spacial score (nSPS) is 43.1. The van der Waals surface area contributed by atoms with Gasteiger partial charge < -0.3 is 0 Å². The largest absolute Gasteiger partial charge is 0.0965 e. The second-order valence-electron chi connectivity index (χ2n) is 8.83. The van der Waals surface area contributed by atoms with Gasteiger partial charge >= 0.3 is 0 Å². The Kier molecular flexibility index (Phi) is 4.89. The maximum atomic E-state index is 6.38. The average Bonchev–Trinajstić information content (AvgIpc) is 2.81. The molecule has 0 nitrogen and oxygen atoms in total. The SMILES string of the molecule is CC(C)(C)[P@]1(=S)CCC[C@H]1[C@H]1CCC[P+]1(S)C(C)(C)C. The molecule has 2 aliphatic heterocycles. The zero-order chi connectivity index (χ0) is 15.4. The zero-order valence-corrected chi connectivity index (χ0v) is 17.6. The lowest BCUT2D eigenvalue weighted by Gasteiger charge is -2.44. The van der Waals surface area contributed by atoms with Gasteiger partial charge in [-0.05, 0) is 63.8 Å². The van der Waals surface area contributed by atoms with Crippen molar-refractivity contribution < 1.29 is 0 Å². The van der Waals surface area contributed by atoms with Crippen LogP contribution >= 0.6 is 24.8 Å². The molecule has 0 aromatic carbocycles. The highest BCUT2D eigenvalue weighted by molar-refractivity contribution is 8.54.